The number of likely N-dealkylation sites (N-methyl/N-ethyl adjacent to an activating group) is 1. The molecule has 8 aromatic rings. The van der Waals surface area contributed by atoms with E-state index in [9.17, 15) is 34.5 Å². The van der Waals surface area contributed by atoms with Crippen LogP contribution in [-0.4, -0.2) is 223 Å². The number of morpholine rings is 1. The standard InChI is InChI=1S/C67H71N15O19S5/c1-28(54(68)85)69-55(86)37-25-105-63(74-37)48-42(84)18-33-47(76-48)36-23-103-61(71-36)35-22-98-65(91)50-34-21-96-51(52(101-43-19-67(5,93)53(80(6)7)31(4)100-43)66(92)97-20-32-10-9-11-41(44(32)34)82(50)99-17-14-81-12-15-95-16-13-81)49(64-75-38(26-106-64)56(87)70-35)79-58(89)40-27-104-62(73-40)46(30(3)94-8)78-59(90)45(29(2)83)77-57(88)39-24-102-60(33)72-39/h9-11,18,23-27,29,31,35,43,45,49,51-53,83-84,93H,1,12-17,19-22H2,2-8H3,(H2,68,85)(H,69,86)(H,70,87)(H,77,88)(H,78,90)(H,79,89)/b46-30+/t29-,31+,35+,43+,45+,49+,51+,52+,53?,67+/m1/s1. The molecule has 0 spiro atoms. The maximum Gasteiger partial charge on any atom is 0.358 e. The first kappa shape index (κ1) is 74.6. The molecule has 12 bridgehead atoms. The van der Waals surface area contributed by atoms with Crippen LogP contribution in [0.5, 0.6) is 5.75 Å². The molecule has 7 aromatic heterocycles. The fraction of sp³-hybridized carbons (Fsp3) is 0.403. The average molecular weight is 1550 g/mol. The highest BCUT2D eigenvalue weighted by Crippen LogP contribution is 2.43. The smallest absolute Gasteiger partial charge is 0.358 e. The maximum absolute atomic E-state index is 15.7. The van der Waals surface area contributed by atoms with Crippen molar-refractivity contribution in [2.45, 2.75) is 108 Å². The lowest BCUT2D eigenvalue weighted by atomic mass is 9.85. The minimum atomic E-state index is -1.90. The summed E-state index contributed by atoms with van der Waals surface area (Å²) in [6.45, 7) is 10.5. The summed E-state index contributed by atoms with van der Waals surface area (Å²) in [4.78, 5) is 155. The molecular formula is C67H71N15O19S5. The second kappa shape index (κ2) is 31.1. The summed E-state index contributed by atoms with van der Waals surface area (Å²) in [6.07, 6.45) is -7.50. The van der Waals surface area contributed by atoms with Crippen molar-refractivity contribution >= 4 is 121 Å². The fourth-order valence-corrected chi connectivity index (χ4v) is 17.1. The molecule has 12 heterocycles. The molecule has 5 aliphatic rings. The van der Waals surface area contributed by atoms with Gasteiger partial charge < -0.3 is 90.5 Å². The van der Waals surface area contributed by atoms with Gasteiger partial charge in [0.2, 0.25) is 5.91 Å². The van der Waals surface area contributed by atoms with E-state index in [4.69, 9.17) is 58.7 Å². The molecule has 6 amide bonds. The zero-order valence-electron chi connectivity index (χ0n) is 57.7. The van der Waals surface area contributed by atoms with Crippen LogP contribution in [-0.2, 0) is 60.8 Å². The number of aromatic nitrogens is 7. The number of esters is 2. The van der Waals surface area contributed by atoms with Crippen LogP contribution in [0, 0.1) is 0 Å². The molecule has 106 heavy (non-hydrogen) atoms. The Hall–Kier alpha value is -9.62. The monoisotopic (exact) mass is 1550 g/mol. The Morgan fingerprint density at radius 1 is 0.858 bits per heavy atom. The molecule has 2 saturated heterocycles. The van der Waals surface area contributed by atoms with E-state index in [0.717, 1.165) is 56.7 Å². The number of fused-ring (bicyclic) bond motifs is 15. The van der Waals surface area contributed by atoms with Crippen molar-refractivity contribution in [3.05, 3.63) is 124 Å². The summed E-state index contributed by atoms with van der Waals surface area (Å²) < 4.78 is 45.5. The first-order chi connectivity index (χ1) is 50.7. The second-order valence-electron chi connectivity index (χ2n) is 25.6. The molecule has 1 unspecified atom stereocenters. The lowest BCUT2D eigenvalue weighted by Crippen LogP contribution is -2.62. The Morgan fingerprint density at radius 2 is 1.54 bits per heavy atom. The van der Waals surface area contributed by atoms with Gasteiger partial charge in [-0.2, -0.15) is 4.73 Å². The van der Waals surface area contributed by atoms with Gasteiger partial charge in [0.1, 0.15) is 126 Å². The number of benzene rings is 1. The Kier molecular flexibility index (Phi) is 21.9. The van der Waals surface area contributed by atoms with Gasteiger partial charge in [-0.25, -0.2) is 39.5 Å². The van der Waals surface area contributed by atoms with Gasteiger partial charge in [0, 0.05) is 69.5 Å². The molecular weight excluding hydrogens is 1480 g/mol. The number of nitrogens with zero attached hydrogens (tertiary/aromatic N) is 9. The van der Waals surface area contributed by atoms with Crippen LogP contribution < -0.4 is 37.2 Å². The van der Waals surface area contributed by atoms with Crippen LogP contribution in [0.15, 0.2) is 69.2 Å². The zero-order chi connectivity index (χ0) is 75.2. The summed E-state index contributed by atoms with van der Waals surface area (Å²) in [7, 11) is 4.88. The van der Waals surface area contributed by atoms with Crippen molar-refractivity contribution in [2.75, 3.05) is 67.3 Å². The molecule has 0 aliphatic carbocycles. The minimum Gasteiger partial charge on any atom is -0.506 e. The zero-order valence-corrected chi connectivity index (χ0v) is 61.8. The third-order valence-electron chi connectivity index (χ3n) is 18.0. The van der Waals surface area contributed by atoms with E-state index < -0.39 is 139 Å². The number of hydrogen-bond donors (Lipinski definition) is 9. The summed E-state index contributed by atoms with van der Waals surface area (Å²) in [5.41, 5.74) is 2.97. The summed E-state index contributed by atoms with van der Waals surface area (Å²) in [6, 6.07) is 1.12. The molecule has 1 aromatic carbocycles. The number of allylic oxidation sites excluding steroid dienone is 1. The van der Waals surface area contributed by atoms with E-state index >= 15 is 19.2 Å². The highest BCUT2D eigenvalue weighted by molar-refractivity contribution is 7.14. The van der Waals surface area contributed by atoms with Crippen LogP contribution in [0.3, 0.4) is 0 Å². The molecule has 2 fully saturated rings. The third-order valence-corrected chi connectivity index (χ3v) is 22.5. The number of carbonyl (C=O) groups is 8. The molecule has 558 valence electrons. The number of primary amides is 1. The molecule has 0 saturated carbocycles. The highest BCUT2D eigenvalue weighted by Gasteiger charge is 2.50. The average Bonchev–Trinajstić information content (AvgIpc) is 1.64. The predicted molar refractivity (Wildman–Crippen MR) is 382 cm³/mol. The summed E-state index contributed by atoms with van der Waals surface area (Å²) in [5.74, 6) is -8.00. The molecule has 39 heteroatoms. The number of methoxy groups -OCH3 is 1. The normalized spacial score (nSPS) is 24.1. The Balaban J connectivity index is 1.00. The van der Waals surface area contributed by atoms with E-state index in [1.54, 1.807) is 56.4 Å². The van der Waals surface area contributed by atoms with E-state index in [1.165, 1.54) is 53.3 Å². The van der Waals surface area contributed by atoms with E-state index in [1.807, 2.05) is 0 Å². The number of aromatic hydroxyl groups is 1. The van der Waals surface area contributed by atoms with Gasteiger partial charge in [-0.05, 0) is 59.5 Å². The maximum atomic E-state index is 15.7. The van der Waals surface area contributed by atoms with Gasteiger partial charge in [-0.3, -0.25) is 33.7 Å². The second-order valence-corrected chi connectivity index (χ2v) is 30.0. The SMILES string of the molecule is C=C(NC(=O)c1csc(-c2nc3c(cc2O)-c2nc(cs2)C(=O)N[C@@H]([C@@H](C)O)C(=O)N/C(=C(\C)OC)c2nc(cs2)C(=O)N[C@@H]2c4nc(cs4)C(=O)N[C@@H](COC(=O)c4c5c6c(cccc6n4OCCN4CCOCC4)COC(=O)[C@@H](O[C@H]4C[C@](C)(O)C(N(C)C)[C@H](C)O4)[C@H]2OC5)c2nc-3cs2)n1)C(N)=O. The molecule has 5 aliphatic heterocycles. The van der Waals surface area contributed by atoms with Crippen LogP contribution >= 0.6 is 56.7 Å². The number of pyridine rings is 1. The van der Waals surface area contributed by atoms with Crippen molar-refractivity contribution in [1.82, 2.24) is 71.0 Å². The van der Waals surface area contributed by atoms with Crippen molar-refractivity contribution in [2.24, 2.45) is 5.73 Å². The number of cyclic esters (lactones) is 2. The van der Waals surface area contributed by atoms with Crippen LogP contribution in [0.2, 0.25) is 0 Å². The van der Waals surface area contributed by atoms with Gasteiger partial charge >= 0.3 is 11.9 Å². The number of amides is 6. The third kappa shape index (κ3) is 15.4. The van der Waals surface area contributed by atoms with Crippen LogP contribution in [0.1, 0.15) is 125 Å². The lowest BCUT2D eigenvalue weighted by molar-refractivity contribution is -0.280. The highest BCUT2D eigenvalue weighted by atomic mass is 32.1. The van der Waals surface area contributed by atoms with E-state index in [-0.39, 0.29) is 106 Å². The number of aliphatic hydroxyl groups is 2. The Morgan fingerprint density at radius 3 is 2.26 bits per heavy atom. The number of rotatable bonds is 13. The van der Waals surface area contributed by atoms with Gasteiger partial charge in [0.15, 0.2) is 18.1 Å². The number of ether oxygens (including phenoxy) is 7. The molecule has 10 atom stereocenters. The van der Waals surface area contributed by atoms with Gasteiger partial charge in [0.05, 0.1) is 62.0 Å². The molecule has 13 rings (SSSR count). The molecule has 34 nitrogen and oxygen atoms in total. The molecule has 0 radical (unpaired) electrons. The first-order valence-corrected chi connectivity index (χ1v) is 37.4. The topological polar surface area (TPSA) is 446 Å². The van der Waals surface area contributed by atoms with E-state index in [2.05, 4.69) is 53.0 Å². The Labute approximate surface area is 622 Å². The van der Waals surface area contributed by atoms with Crippen molar-refractivity contribution in [3.63, 3.8) is 0 Å². The number of hydrogen-bond acceptors (Lipinski definition) is 32. The number of nitrogens with one attached hydrogen (secondary N) is 5. The lowest BCUT2D eigenvalue weighted by Gasteiger charge is -2.48. The van der Waals surface area contributed by atoms with Crippen LogP contribution in [0.4, 0.5) is 0 Å². The van der Waals surface area contributed by atoms with Gasteiger partial charge in [-0.15, -0.1) is 56.7 Å². The first-order valence-electron chi connectivity index (χ1n) is 33.0. The van der Waals surface area contributed by atoms with Gasteiger partial charge in [0.25, 0.3) is 29.5 Å². The fourth-order valence-electron chi connectivity index (χ4n) is 12.9. The van der Waals surface area contributed by atoms with Crippen LogP contribution in [0.25, 0.3) is 49.3 Å². The minimum absolute atomic E-state index is 0.00225. The van der Waals surface area contributed by atoms with Crippen molar-refractivity contribution in [1.29, 1.82) is 0 Å². The predicted octanol–water partition coefficient (Wildman–Crippen LogP) is 3.42. The Bertz CT molecular complexity index is 4820. The van der Waals surface area contributed by atoms with Crippen molar-refractivity contribution in [3.8, 4) is 38.4 Å². The number of nitrogens with two attached hydrogens (primary N) is 1. The molecule has 10 N–H and O–H groups in total. The number of thiazole rings is 5. The number of aliphatic hydroxyl groups excluding tert-OH is 1. The van der Waals surface area contributed by atoms with Gasteiger partial charge in [-0.1, -0.05) is 18.7 Å². The van der Waals surface area contributed by atoms with Crippen molar-refractivity contribution < 1.29 is 91.7 Å². The summed E-state index contributed by atoms with van der Waals surface area (Å²) in [5, 5.41) is 56.1. The summed E-state index contributed by atoms with van der Waals surface area (Å²) >= 11 is 4.57. The number of carbonyl (C=O) groups excluding carboxylic acids is 8. The van der Waals surface area contributed by atoms with E-state index in [0.29, 0.717) is 49.3 Å². The largest absolute Gasteiger partial charge is 0.506 e. The quantitative estimate of drug-likeness (QED) is 0.0453.